The first-order chi connectivity index (χ1) is 7.33. The third kappa shape index (κ3) is 1.32. The highest BCUT2D eigenvalue weighted by molar-refractivity contribution is 6.21. The van der Waals surface area contributed by atoms with Gasteiger partial charge in [0.2, 0.25) is 5.79 Å². The number of hydrogen-bond donors (Lipinski definition) is 0. The molecule has 1 heterocycles. The first-order valence-electron chi connectivity index (χ1n) is 5.33. The Morgan fingerprint density at radius 3 is 2.73 bits per heavy atom. The molecule has 15 heavy (non-hydrogen) atoms. The number of halogens is 1. The Hall–Kier alpha value is -0.570. The maximum absolute atomic E-state index is 6.36. The van der Waals surface area contributed by atoms with Crippen molar-refractivity contribution in [1.29, 1.82) is 0 Å². The van der Waals surface area contributed by atoms with E-state index in [1.807, 2.05) is 6.07 Å². The van der Waals surface area contributed by atoms with Gasteiger partial charge in [-0.25, -0.2) is 0 Å². The van der Waals surface area contributed by atoms with E-state index in [1.165, 1.54) is 5.56 Å². The van der Waals surface area contributed by atoms with Crippen LogP contribution in [-0.4, -0.2) is 18.6 Å². The molecular weight excluding hydrogens is 212 g/mol. The van der Waals surface area contributed by atoms with Crippen LogP contribution < -0.4 is 0 Å². The summed E-state index contributed by atoms with van der Waals surface area (Å²) < 4.78 is 11.5. The summed E-state index contributed by atoms with van der Waals surface area (Å²) in [5.74, 6) is -0.670. The fourth-order valence-corrected chi connectivity index (χ4v) is 2.84. The Kier molecular flexibility index (Phi) is 2.23. The largest absolute Gasteiger partial charge is 0.342 e. The van der Waals surface area contributed by atoms with Crippen molar-refractivity contribution in [3.63, 3.8) is 0 Å². The molecule has 1 aliphatic carbocycles. The Balaban J connectivity index is 2.13. The Morgan fingerprint density at radius 2 is 1.93 bits per heavy atom. The molecular formula is C12H13ClO2. The topological polar surface area (TPSA) is 18.5 Å². The van der Waals surface area contributed by atoms with Crippen LogP contribution in [0.2, 0.25) is 0 Å². The summed E-state index contributed by atoms with van der Waals surface area (Å²) in [4.78, 5) is 0. The molecule has 2 aliphatic rings. The van der Waals surface area contributed by atoms with E-state index in [0.29, 0.717) is 13.2 Å². The molecule has 3 heteroatoms. The smallest absolute Gasteiger partial charge is 0.212 e. The summed E-state index contributed by atoms with van der Waals surface area (Å²) in [6, 6.07) is 8.26. The molecule has 1 unspecified atom stereocenters. The van der Waals surface area contributed by atoms with E-state index in [4.69, 9.17) is 21.1 Å². The molecule has 0 aromatic heterocycles. The van der Waals surface area contributed by atoms with Crippen molar-refractivity contribution in [2.24, 2.45) is 0 Å². The lowest BCUT2D eigenvalue weighted by molar-refractivity contribution is -0.171. The second kappa shape index (κ2) is 3.48. The lowest BCUT2D eigenvalue weighted by Gasteiger charge is -2.37. The minimum Gasteiger partial charge on any atom is -0.342 e. The third-order valence-corrected chi connectivity index (χ3v) is 3.69. The molecule has 80 valence electrons. The van der Waals surface area contributed by atoms with E-state index >= 15 is 0 Å². The molecule has 1 saturated heterocycles. The molecule has 1 aromatic carbocycles. The van der Waals surface area contributed by atoms with Crippen LogP contribution in [0, 0.1) is 0 Å². The zero-order valence-corrected chi connectivity index (χ0v) is 9.17. The molecule has 0 saturated carbocycles. The van der Waals surface area contributed by atoms with Crippen LogP contribution in [0.5, 0.6) is 0 Å². The number of rotatable bonds is 0. The van der Waals surface area contributed by atoms with E-state index in [9.17, 15) is 0 Å². The molecule has 1 aromatic rings. The van der Waals surface area contributed by atoms with Crippen molar-refractivity contribution >= 4 is 11.6 Å². The van der Waals surface area contributed by atoms with E-state index < -0.39 is 5.79 Å². The summed E-state index contributed by atoms with van der Waals surface area (Å²) in [6.07, 6.45) is 1.93. The van der Waals surface area contributed by atoms with E-state index in [-0.39, 0.29) is 5.38 Å². The van der Waals surface area contributed by atoms with Crippen LogP contribution in [0.25, 0.3) is 0 Å². The number of aryl methyl sites for hydroxylation is 1. The lowest BCUT2D eigenvalue weighted by Crippen LogP contribution is -2.41. The van der Waals surface area contributed by atoms with Gasteiger partial charge >= 0.3 is 0 Å². The third-order valence-electron chi connectivity index (χ3n) is 3.19. The number of hydrogen-bond acceptors (Lipinski definition) is 2. The van der Waals surface area contributed by atoms with Crippen molar-refractivity contribution in [1.82, 2.24) is 0 Å². The maximum atomic E-state index is 6.36. The molecule has 0 N–H and O–H groups in total. The van der Waals surface area contributed by atoms with Gasteiger partial charge in [0.1, 0.15) is 0 Å². The van der Waals surface area contributed by atoms with Crippen LogP contribution in [-0.2, 0) is 21.7 Å². The first kappa shape index (κ1) is 9.64. The molecule has 1 spiro atoms. The van der Waals surface area contributed by atoms with Crippen molar-refractivity contribution in [3.8, 4) is 0 Å². The van der Waals surface area contributed by atoms with Gasteiger partial charge in [0, 0.05) is 5.56 Å². The summed E-state index contributed by atoms with van der Waals surface area (Å²) in [5.41, 5.74) is 2.42. The predicted molar refractivity (Wildman–Crippen MR) is 58.0 cm³/mol. The standard InChI is InChI=1S/C12H13ClO2/c13-11-6-5-9-3-1-2-4-10(9)12(11)14-7-8-15-12/h1-4,11H,5-8H2. The van der Waals surface area contributed by atoms with E-state index in [1.54, 1.807) is 0 Å². The normalized spacial score (nSPS) is 27.9. The van der Waals surface area contributed by atoms with Crippen molar-refractivity contribution in [2.75, 3.05) is 13.2 Å². The van der Waals surface area contributed by atoms with Gasteiger partial charge in [-0.15, -0.1) is 11.6 Å². The van der Waals surface area contributed by atoms with Crippen LogP contribution in [0.1, 0.15) is 17.5 Å². The summed E-state index contributed by atoms with van der Waals surface area (Å²) in [6.45, 7) is 1.27. The number of alkyl halides is 1. The fourth-order valence-electron chi connectivity index (χ4n) is 2.48. The molecule has 2 nitrogen and oxygen atoms in total. The highest BCUT2D eigenvalue weighted by Crippen LogP contribution is 2.44. The molecule has 0 bridgehead atoms. The second-order valence-corrected chi connectivity index (χ2v) is 4.55. The average Bonchev–Trinajstić information content (AvgIpc) is 2.75. The zero-order chi connectivity index (χ0) is 10.3. The zero-order valence-electron chi connectivity index (χ0n) is 8.41. The highest BCUT2D eigenvalue weighted by Gasteiger charge is 2.48. The predicted octanol–water partition coefficient (Wildman–Crippen LogP) is 2.44. The van der Waals surface area contributed by atoms with Crippen LogP contribution in [0.4, 0.5) is 0 Å². The van der Waals surface area contributed by atoms with E-state index in [0.717, 1.165) is 18.4 Å². The minimum absolute atomic E-state index is 0.0742. The molecule has 1 atom stereocenters. The fraction of sp³-hybridized carbons (Fsp3) is 0.500. The van der Waals surface area contributed by atoms with Gasteiger partial charge in [-0.3, -0.25) is 0 Å². The number of ether oxygens (including phenoxy) is 2. The summed E-state index contributed by atoms with van der Waals surface area (Å²) >= 11 is 6.36. The van der Waals surface area contributed by atoms with E-state index in [2.05, 4.69) is 18.2 Å². The van der Waals surface area contributed by atoms with Gasteiger partial charge in [0.15, 0.2) is 0 Å². The van der Waals surface area contributed by atoms with Crippen molar-refractivity contribution in [3.05, 3.63) is 35.4 Å². The SMILES string of the molecule is ClC1CCc2ccccc2C12OCCO2. The van der Waals surface area contributed by atoms with Gasteiger partial charge in [-0.2, -0.15) is 0 Å². The van der Waals surface area contributed by atoms with Gasteiger partial charge in [-0.1, -0.05) is 24.3 Å². The van der Waals surface area contributed by atoms with Gasteiger partial charge in [-0.05, 0) is 18.4 Å². The molecule has 1 fully saturated rings. The molecule has 3 rings (SSSR count). The van der Waals surface area contributed by atoms with Crippen LogP contribution >= 0.6 is 11.6 Å². The molecule has 0 amide bonds. The second-order valence-electron chi connectivity index (χ2n) is 4.03. The van der Waals surface area contributed by atoms with Gasteiger partial charge < -0.3 is 9.47 Å². The minimum atomic E-state index is -0.670. The highest BCUT2D eigenvalue weighted by atomic mass is 35.5. The Labute approximate surface area is 94.1 Å². The van der Waals surface area contributed by atoms with Crippen molar-refractivity contribution < 1.29 is 9.47 Å². The first-order valence-corrected chi connectivity index (χ1v) is 5.77. The Bertz CT molecular complexity index is 372. The summed E-state index contributed by atoms with van der Waals surface area (Å²) in [7, 11) is 0. The maximum Gasteiger partial charge on any atom is 0.212 e. The average molecular weight is 225 g/mol. The molecule has 0 radical (unpaired) electrons. The number of fused-ring (bicyclic) bond motifs is 2. The van der Waals surface area contributed by atoms with Crippen LogP contribution in [0.3, 0.4) is 0 Å². The van der Waals surface area contributed by atoms with Gasteiger partial charge in [0.25, 0.3) is 0 Å². The molecule has 1 aliphatic heterocycles. The number of benzene rings is 1. The van der Waals surface area contributed by atoms with Crippen LogP contribution in [0.15, 0.2) is 24.3 Å². The van der Waals surface area contributed by atoms with Crippen molar-refractivity contribution in [2.45, 2.75) is 24.0 Å². The Morgan fingerprint density at radius 1 is 1.20 bits per heavy atom. The quantitative estimate of drug-likeness (QED) is 0.631. The lowest BCUT2D eigenvalue weighted by atomic mass is 9.86. The monoisotopic (exact) mass is 224 g/mol. The summed E-state index contributed by atoms with van der Waals surface area (Å²) in [5, 5.41) is -0.0742. The van der Waals surface area contributed by atoms with Gasteiger partial charge in [0.05, 0.1) is 18.6 Å².